The van der Waals surface area contributed by atoms with Crippen molar-refractivity contribution in [2.45, 2.75) is 83.7 Å². The summed E-state index contributed by atoms with van der Waals surface area (Å²) in [4.78, 5) is 75.6. The van der Waals surface area contributed by atoms with Gasteiger partial charge in [0.2, 0.25) is 5.91 Å². The highest BCUT2D eigenvalue weighted by molar-refractivity contribution is 6.12. The molecule has 5 N–H and O–H groups in total. The molecule has 1 aliphatic carbocycles. The van der Waals surface area contributed by atoms with E-state index in [1.54, 1.807) is 24.3 Å². The number of nitrogens with zero attached hydrogens (tertiary/aromatic N) is 1. The van der Waals surface area contributed by atoms with Gasteiger partial charge in [0, 0.05) is 62.0 Å². The number of carbonyl (C=O) groups excluding carboxylic acids is 6. The van der Waals surface area contributed by atoms with Gasteiger partial charge in [0.15, 0.2) is 0 Å². The zero-order chi connectivity index (χ0) is 31.2. The number of nitrogens with two attached hydrogens (primary N) is 1. The number of Topliss-reactive ketones (excluding diaryl/α,β-unsaturated/α-hetero) is 2. The fourth-order valence-electron chi connectivity index (χ4n) is 5.89. The quantitative estimate of drug-likeness (QED) is 0.140. The predicted octanol–water partition coefficient (Wildman–Crippen LogP) is 3.39. The van der Waals surface area contributed by atoms with Crippen LogP contribution >= 0.6 is 0 Å². The number of urea groups is 1. The minimum atomic E-state index is -0.657. The van der Waals surface area contributed by atoms with E-state index in [1.165, 1.54) is 17.1 Å². The van der Waals surface area contributed by atoms with Crippen molar-refractivity contribution in [2.75, 3.05) is 18.4 Å². The van der Waals surface area contributed by atoms with E-state index in [9.17, 15) is 33.9 Å². The first-order valence-electron chi connectivity index (χ1n) is 15.3. The molecule has 1 heterocycles. The number of nitrogens with one attached hydrogen (secondary N) is 2. The molecule has 0 spiro atoms. The molecule has 1 aliphatic heterocycles. The number of hydrogen-bond acceptors (Lipinski definition) is 7. The van der Waals surface area contributed by atoms with Gasteiger partial charge in [0.25, 0.3) is 11.8 Å². The summed E-state index contributed by atoms with van der Waals surface area (Å²) >= 11 is 0. The average molecular weight is 597 g/mol. The lowest BCUT2D eigenvalue weighted by molar-refractivity contribution is -0.137. The highest BCUT2D eigenvalue weighted by Gasteiger charge is 2.34. The number of primary amides is 1. The highest BCUT2D eigenvalue weighted by Crippen LogP contribution is 2.36. The Balaban J connectivity index is 1.57. The molecule has 0 unspecified atom stereocenters. The third kappa shape index (κ3) is 11.1. The summed E-state index contributed by atoms with van der Waals surface area (Å²) in [5.74, 6) is -1.99. The molecule has 1 aromatic carbocycles. The van der Waals surface area contributed by atoms with Crippen molar-refractivity contribution in [2.24, 2.45) is 23.5 Å². The Kier molecular flexibility index (Phi) is 13.5. The van der Waals surface area contributed by atoms with Gasteiger partial charge in [-0.1, -0.05) is 31.4 Å². The number of rotatable bonds is 19. The number of unbranched alkanes of at least 4 members (excludes halogenated alkanes) is 2. The molecule has 0 saturated heterocycles. The number of carbonyl (C=O) groups is 6. The van der Waals surface area contributed by atoms with Crippen LogP contribution in [0.15, 0.2) is 36.4 Å². The molecule has 43 heavy (non-hydrogen) atoms. The topological polar surface area (TPSA) is 176 Å². The highest BCUT2D eigenvalue weighted by atomic mass is 16.3. The molecule has 0 aromatic heterocycles. The molecule has 0 bridgehead atoms. The summed E-state index contributed by atoms with van der Waals surface area (Å²) in [5.41, 5.74) is 6.41. The van der Waals surface area contributed by atoms with Gasteiger partial charge in [-0.25, -0.2) is 4.79 Å². The normalized spacial score (nSPS) is 16.3. The van der Waals surface area contributed by atoms with Gasteiger partial charge >= 0.3 is 6.03 Å². The largest absolute Gasteiger partial charge is 0.392 e. The summed E-state index contributed by atoms with van der Waals surface area (Å²) in [7, 11) is 0. The van der Waals surface area contributed by atoms with Crippen LogP contribution in [0.25, 0.3) is 0 Å². The molecule has 3 rings (SSSR count). The van der Waals surface area contributed by atoms with Crippen molar-refractivity contribution >= 4 is 41.0 Å². The third-order valence-corrected chi connectivity index (χ3v) is 8.32. The second-order valence-corrected chi connectivity index (χ2v) is 11.5. The van der Waals surface area contributed by atoms with Crippen molar-refractivity contribution in [1.29, 1.82) is 0 Å². The molecule has 11 nitrogen and oxygen atoms in total. The summed E-state index contributed by atoms with van der Waals surface area (Å²) in [6.07, 6.45) is 9.49. The van der Waals surface area contributed by atoms with Crippen LogP contribution in [0.1, 0.15) is 82.6 Å². The molecule has 1 saturated carbocycles. The van der Waals surface area contributed by atoms with Crippen LogP contribution in [0.2, 0.25) is 0 Å². The van der Waals surface area contributed by atoms with E-state index in [0.29, 0.717) is 56.3 Å². The van der Waals surface area contributed by atoms with Gasteiger partial charge < -0.3 is 21.5 Å². The van der Waals surface area contributed by atoms with Crippen molar-refractivity contribution in [3.05, 3.63) is 42.0 Å². The maximum absolute atomic E-state index is 13.7. The van der Waals surface area contributed by atoms with E-state index < -0.39 is 17.9 Å². The molecule has 2 atom stereocenters. The Hall–Kier alpha value is -3.86. The standard InChI is InChI=1S/C32H44N4O7/c33-32(43)34-17-6-9-24(31(42)35-25-13-11-22(21-37)12-14-25)19-28(39)27(23-7-3-4-8-23)20-26(38)10-2-1-5-18-36-29(40)15-16-30(36)41/h11-16,23-24,27,37H,1-10,17-21H2,(H,35,42)(H3,33,34,43)/t24-,27+/m1/s1. The van der Waals surface area contributed by atoms with E-state index in [1.807, 2.05) is 0 Å². The van der Waals surface area contributed by atoms with E-state index in [-0.39, 0.29) is 61.2 Å². The predicted molar refractivity (Wildman–Crippen MR) is 160 cm³/mol. The Morgan fingerprint density at radius 3 is 2.23 bits per heavy atom. The van der Waals surface area contributed by atoms with E-state index in [2.05, 4.69) is 10.6 Å². The molecule has 234 valence electrons. The van der Waals surface area contributed by atoms with Crippen molar-refractivity contribution < 1.29 is 33.9 Å². The monoisotopic (exact) mass is 596 g/mol. The smallest absolute Gasteiger partial charge is 0.312 e. The number of amides is 5. The number of benzene rings is 1. The first kappa shape index (κ1) is 33.6. The van der Waals surface area contributed by atoms with Crippen molar-refractivity contribution in [3.63, 3.8) is 0 Å². The number of hydrogen-bond donors (Lipinski definition) is 4. The van der Waals surface area contributed by atoms with Crippen LogP contribution in [-0.4, -0.2) is 58.4 Å². The van der Waals surface area contributed by atoms with E-state index in [4.69, 9.17) is 5.73 Å². The summed E-state index contributed by atoms with van der Waals surface area (Å²) < 4.78 is 0. The lowest BCUT2D eigenvalue weighted by Gasteiger charge is -2.24. The second kappa shape index (κ2) is 17.3. The maximum Gasteiger partial charge on any atom is 0.312 e. The Bertz CT molecular complexity index is 1160. The van der Waals surface area contributed by atoms with Crippen molar-refractivity contribution in [3.8, 4) is 0 Å². The van der Waals surface area contributed by atoms with Gasteiger partial charge in [-0.05, 0) is 62.1 Å². The second-order valence-electron chi connectivity index (χ2n) is 11.5. The zero-order valence-corrected chi connectivity index (χ0v) is 24.7. The molecule has 1 aromatic rings. The zero-order valence-electron chi connectivity index (χ0n) is 24.7. The van der Waals surface area contributed by atoms with Gasteiger partial charge in [0.1, 0.15) is 11.6 Å². The summed E-state index contributed by atoms with van der Waals surface area (Å²) in [6, 6.07) is 6.13. The SMILES string of the molecule is NC(=O)NCCC[C@H](CC(=O)[C@@H](CC(=O)CCCCCN1C(=O)C=CC1=O)C1CCCC1)C(=O)Nc1ccc(CO)cc1. The Morgan fingerprint density at radius 2 is 1.60 bits per heavy atom. The van der Waals surface area contributed by atoms with Gasteiger partial charge in [-0.15, -0.1) is 0 Å². The van der Waals surface area contributed by atoms with Crippen LogP contribution in [0.5, 0.6) is 0 Å². The first-order valence-corrected chi connectivity index (χ1v) is 15.3. The lowest BCUT2D eigenvalue weighted by Crippen LogP contribution is -2.33. The van der Waals surface area contributed by atoms with E-state index in [0.717, 1.165) is 25.7 Å². The van der Waals surface area contributed by atoms with Crippen LogP contribution in [-0.2, 0) is 30.6 Å². The number of aliphatic hydroxyl groups is 1. The Morgan fingerprint density at radius 1 is 0.930 bits per heavy atom. The fourth-order valence-corrected chi connectivity index (χ4v) is 5.89. The Labute approximate surface area is 252 Å². The lowest BCUT2D eigenvalue weighted by atomic mass is 9.79. The van der Waals surface area contributed by atoms with E-state index >= 15 is 0 Å². The van der Waals surface area contributed by atoms with Crippen molar-refractivity contribution in [1.82, 2.24) is 10.2 Å². The summed E-state index contributed by atoms with van der Waals surface area (Å²) in [5, 5.41) is 14.7. The minimum absolute atomic E-state index is 0.00248. The van der Waals surface area contributed by atoms with Crippen LogP contribution in [0.4, 0.5) is 10.5 Å². The van der Waals surface area contributed by atoms with Crippen LogP contribution in [0.3, 0.4) is 0 Å². The van der Waals surface area contributed by atoms with Crippen LogP contribution < -0.4 is 16.4 Å². The maximum atomic E-state index is 13.7. The third-order valence-electron chi connectivity index (χ3n) is 8.32. The van der Waals surface area contributed by atoms with Crippen LogP contribution in [0, 0.1) is 17.8 Å². The average Bonchev–Trinajstić information content (AvgIpc) is 3.63. The molecular weight excluding hydrogens is 552 g/mol. The molecule has 1 fully saturated rings. The van der Waals surface area contributed by atoms with Gasteiger partial charge in [-0.3, -0.25) is 28.9 Å². The number of imide groups is 1. The fraction of sp³-hybridized carbons (Fsp3) is 0.562. The molecule has 11 heteroatoms. The number of anilines is 1. The first-order chi connectivity index (χ1) is 20.7. The number of ketones is 2. The van der Waals surface area contributed by atoms with Gasteiger partial charge in [-0.2, -0.15) is 0 Å². The number of aliphatic hydroxyl groups excluding tert-OH is 1. The summed E-state index contributed by atoms with van der Waals surface area (Å²) in [6.45, 7) is 0.490. The molecule has 5 amide bonds. The molecular formula is C32H44N4O7. The minimum Gasteiger partial charge on any atom is -0.392 e. The molecule has 2 aliphatic rings. The van der Waals surface area contributed by atoms with Gasteiger partial charge in [0.05, 0.1) is 6.61 Å². The molecule has 0 radical (unpaired) electrons.